The number of aryl methyl sites for hydroxylation is 2. The van der Waals surface area contributed by atoms with Crippen LogP contribution in [0.3, 0.4) is 0 Å². The number of benzene rings is 1. The van der Waals surface area contributed by atoms with Crippen LogP contribution >= 0.6 is 0 Å². The molecule has 0 radical (unpaired) electrons. The summed E-state index contributed by atoms with van der Waals surface area (Å²) < 4.78 is 10.8. The largest absolute Gasteiger partial charge is 0.378 e. The molecule has 30 heavy (non-hydrogen) atoms. The van der Waals surface area contributed by atoms with Crippen LogP contribution in [0.4, 0.5) is 0 Å². The van der Waals surface area contributed by atoms with Gasteiger partial charge in [0.1, 0.15) is 0 Å². The van der Waals surface area contributed by atoms with Crippen LogP contribution in [0.15, 0.2) is 28.8 Å². The maximum Gasteiger partial charge on any atom is 0.276 e. The Bertz CT molecular complexity index is 884. The molecule has 1 aromatic heterocycles. The van der Waals surface area contributed by atoms with E-state index in [1.54, 1.807) is 15.9 Å². The van der Waals surface area contributed by atoms with Gasteiger partial charge in [0.15, 0.2) is 11.5 Å². The van der Waals surface area contributed by atoms with Crippen LogP contribution in [0.2, 0.25) is 0 Å². The van der Waals surface area contributed by atoms with Crippen molar-refractivity contribution in [1.29, 1.82) is 0 Å². The van der Waals surface area contributed by atoms with Gasteiger partial charge >= 0.3 is 0 Å². The van der Waals surface area contributed by atoms with Crippen molar-refractivity contribution in [3.63, 3.8) is 0 Å². The molecular weight excluding hydrogens is 382 g/mol. The van der Waals surface area contributed by atoms with Crippen molar-refractivity contribution in [3.8, 4) is 11.3 Å². The molecule has 3 rings (SSSR count). The number of nitrogens with zero attached hydrogens (tertiary/aromatic N) is 3. The lowest BCUT2D eigenvalue weighted by molar-refractivity contribution is -0.135. The third-order valence-electron chi connectivity index (χ3n) is 5.22. The lowest BCUT2D eigenvalue weighted by Crippen LogP contribution is -2.43. The SMILES string of the molecule is Cc1ccc(C)c(-c2cc(C(=O)N(CCC(=O)N3CCOCC3)CC(C)C)no2)c1. The van der Waals surface area contributed by atoms with Crippen molar-refractivity contribution < 1.29 is 18.8 Å². The van der Waals surface area contributed by atoms with Crippen LogP contribution in [-0.4, -0.2) is 66.2 Å². The third-order valence-corrected chi connectivity index (χ3v) is 5.22. The fraction of sp³-hybridized carbons (Fsp3) is 0.522. The summed E-state index contributed by atoms with van der Waals surface area (Å²) in [6.45, 7) is 11.4. The molecule has 0 spiro atoms. The summed E-state index contributed by atoms with van der Waals surface area (Å²) in [5.74, 6) is 0.695. The van der Waals surface area contributed by atoms with E-state index >= 15 is 0 Å². The highest BCUT2D eigenvalue weighted by Gasteiger charge is 2.24. The molecule has 1 aromatic carbocycles. The Kier molecular flexibility index (Phi) is 7.26. The number of aromatic nitrogens is 1. The summed E-state index contributed by atoms with van der Waals surface area (Å²) in [6.07, 6.45) is 0.292. The quantitative estimate of drug-likeness (QED) is 0.696. The third kappa shape index (κ3) is 5.48. The first-order valence-electron chi connectivity index (χ1n) is 10.5. The fourth-order valence-corrected chi connectivity index (χ4v) is 3.58. The lowest BCUT2D eigenvalue weighted by Gasteiger charge is -2.29. The van der Waals surface area contributed by atoms with Crippen LogP contribution in [0.5, 0.6) is 0 Å². The monoisotopic (exact) mass is 413 g/mol. The van der Waals surface area contributed by atoms with E-state index in [0.29, 0.717) is 51.6 Å². The molecule has 7 nitrogen and oxygen atoms in total. The molecule has 0 aliphatic carbocycles. The molecule has 0 saturated carbocycles. The molecule has 7 heteroatoms. The zero-order valence-corrected chi connectivity index (χ0v) is 18.3. The second kappa shape index (κ2) is 9.89. The van der Waals surface area contributed by atoms with Crippen molar-refractivity contribution in [2.24, 2.45) is 5.92 Å². The number of carbonyl (C=O) groups excluding carboxylic acids is 2. The summed E-state index contributed by atoms with van der Waals surface area (Å²) in [4.78, 5) is 29.1. The fourth-order valence-electron chi connectivity index (χ4n) is 3.58. The zero-order chi connectivity index (χ0) is 21.7. The highest BCUT2D eigenvalue weighted by molar-refractivity contribution is 5.93. The van der Waals surface area contributed by atoms with E-state index in [4.69, 9.17) is 9.26 Å². The molecule has 0 unspecified atom stereocenters. The van der Waals surface area contributed by atoms with Gasteiger partial charge in [-0.05, 0) is 31.4 Å². The van der Waals surface area contributed by atoms with Gasteiger partial charge in [-0.15, -0.1) is 0 Å². The number of ether oxygens (including phenoxy) is 1. The smallest absolute Gasteiger partial charge is 0.276 e. The van der Waals surface area contributed by atoms with Crippen molar-refractivity contribution in [1.82, 2.24) is 15.0 Å². The average molecular weight is 414 g/mol. The predicted molar refractivity (Wildman–Crippen MR) is 114 cm³/mol. The molecule has 0 N–H and O–H groups in total. The minimum Gasteiger partial charge on any atom is -0.378 e. The molecule has 1 saturated heterocycles. The number of amides is 2. The molecule has 0 atom stereocenters. The van der Waals surface area contributed by atoms with Gasteiger partial charge < -0.3 is 19.1 Å². The number of hydrogen-bond acceptors (Lipinski definition) is 5. The van der Waals surface area contributed by atoms with E-state index < -0.39 is 0 Å². The first-order chi connectivity index (χ1) is 14.3. The maximum absolute atomic E-state index is 13.1. The number of carbonyl (C=O) groups is 2. The summed E-state index contributed by atoms with van der Waals surface area (Å²) in [5.41, 5.74) is 3.37. The number of rotatable bonds is 7. The van der Waals surface area contributed by atoms with Gasteiger partial charge in [0.05, 0.1) is 13.2 Å². The van der Waals surface area contributed by atoms with Crippen LogP contribution in [0, 0.1) is 19.8 Å². The number of morpholine rings is 1. The van der Waals surface area contributed by atoms with Crippen LogP contribution < -0.4 is 0 Å². The first kappa shape index (κ1) is 22.0. The van der Waals surface area contributed by atoms with Crippen LogP contribution in [-0.2, 0) is 9.53 Å². The van der Waals surface area contributed by atoms with Crippen molar-refractivity contribution in [2.45, 2.75) is 34.1 Å². The normalized spacial score (nSPS) is 14.2. The van der Waals surface area contributed by atoms with E-state index in [9.17, 15) is 9.59 Å². The second-order valence-corrected chi connectivity index (χ2v) is 8.28. The Morgan fingerprint density at radius 2 is 1.90 bits per heavy atom. The van der Waals surface area contributed by atoms with E-state index in [-0.39, 0.29) is 23.4 Å². The van der Waals surface area contributed by atoms with Gasteiger partial charge in [0.2, 0.25) is 5.91 Å². The molecule has 1 aliphatic rings. The van der Waals surface area contributed by atoms with Gasteiger partial charge in [-0.2, -0.15) is 0 Å². The van der Waals surface area contributed by atoms with Gasteiger partial charge in [0.25, 0.3) is 5.91 Å². The van der Waals surface area contributed by atoms with Crippen molar-refractivity contribution >= 4 is 11.8 Å². The lowest BCUT2D eigenvalue weighted by atomic mass is 10.0. The molecule has 162 valence electrons. The molecular formula is C23H31N3O4. The standard InChI is InChI=1S/C23H31N3O4/c1-16(2)15-26(8-7-22(27)25-9-11-29-12-10-25)23(28)20-14-21(30-24-20)19-13-17(3)5-6-18(19)4/h5-6,13-14,16H,7-12,15H2,1-4H3. The highest BCUT2D eigenvalue weighted by atomic mass is 16.5. The van der Waals surface area contributed by atoms with E-state index in [2.05, 4.69) is 19.0 Å². The Morgan fingerprint density at radius 3 is 2.60 bits per heavy atom. The Balaban J connectivity index is 1.71. The Morgan fingerprint density at radius 1 is 1.17 bits per heavy atom. The van der Waals surface area contributed by atoms with Gasteiger partial charge in [-0.3, -0.25) is 9.59 Å². The summed E-state index contributed by atoms with van der Waals surface area (Å²) >= 11 is 0. The maximum atomic E-state index is 13.1. The minimum absolute atomic E-state index is 0.0519. The Labute approximate surface area is 178 Å². The topological polar surface area (TPSA) is 75.9 Å². The summed E-state index contributed by atoms with van der Waals surface area (Å²) in [6, 6.07) is 7.78. The van der Waals surface area contributed by atoms with Crippen LogP contribution in [0.25, 0.3) is 11.3 Å². The van der Waals surface area contributed by atoms with Crippen LogP contribution in [0.1, 0.15) is 41.9 Å². The molecule has 2 amide bonds. The first-order valence-corrected chi connectivity index (χ1v) is 10.5. The summed E-state index contributed by atoms with van der Waals surface area (Å²) in [7, 11) is 0. The molecule has 2 aromatic rings. The van der Waals surface area contributed by atoms with Gasteiger partial charge in [-0.25, -0.2) is 0 Å². The van der Waals surface area contributed by atoms with E-state index in [0.717, 1.165) is 16.7 Å². The Hall–Kier alpha value is -2.67. The molecule has 2 heterocycles. The molecule has 1 aliphatic heterocycles. The van der Waals surface area contributed by atoms with Crippen molar-refractivity contribution in [3.05, 3.63) is 41.1 Å². The van der Waals surface area contributed by atoms with E-state index in [1.807, 2.05) is 32.0 Å². The predicted octanol–water partition coefficient (Wildman–Crippen LogP) is 3.31. The second-order valence-electron chi connectivity index (χ2n) is 8.28. The zero-order valence-electron chi connectivity index (χ0n) is 18.3. The average Bonchev–Trinajstić information content (AvgIpc) is 3.22. The van der Waals surface area contributed by atoms with E-state index in [1.165, 1.54) is 0 Å². The molecule has 0 bridgehead atoms. The van der Waals surface area contributed by atoms with Gasteiger partial charge in [-0.1, -0.05) is 36.7 Å². The minimum atomic E-state index is -0.209. The highest BCUT2D eigenvalue weighted by Crippen LogP contribution is 2.26. The molecule has 1 fully saturated rings. The van der Waals surface area contributed by atoms with Crippen molar-refractivity contribution in [2.75, 3.05) is 39.4 Å². The summed E-state index contributed by atoms with van der Waals surface area (Å²) in [5, 5.41) is 4.03. The van der Waals surface area contributed by atoms with Gasteiger partial charge in [0, 0.05) is 44.2 Å². The number of hydrogen-bond donors (Lipinski definition) is 0.